The molecule has 27 heavy (non-hydrogen) atoms. The number of morpholine rings is 1. The summed E-state index contributed by atoms with van der Waals surface area (Å²) in [5, 5.41) is 21.1. The van der Waals surface area contributed by atoms with E-state index in [1.54, 1.807) is 0 Å². The Hall–Kier alpha value is -3.04. The number of ether oxygens (including phenoxy) is 2. The molecule has 0 aliphatic carbocycles. The predicted molar refractivity (Wildman–Crippen MR) is 85.2 cm³/mol. The van der Waals surface area contributed by atoms with Gasteiger partial charge in [-0.3, -0.25) is 0 Å². The van der Waals surface area contributed by atoms with Gasteiger partial charge < -0.3 is 20.1 Å². The number of halogens is 3. The molecular formula is C15H14F3N7O2. The van der Waals surface area contributed by atoms with Crippen LogP contribution in [0.2, 0.25) is 0 Å². The third-order valence-electron chi connectivity index (χ3n) is 3.48. The van der Waals surface area contributed by atoms with Gasteiger partial charge >= 0.3 is 6.18 Å². The molecule has 12 heteroatoms. The van der Waals surface area contributed by atoms with E-state index in [-0.39, 0.29) is 30.0 Å². The number of nitrogens with one attached hydrogen (secondary N) is 2. The molecule has 0 saturated carbocycles. The van der Waals surface area contributed by atoms with Crippen LogP contribution in [0.5, 0.6) is 5.75 Å². The van der Waals surface area contributed by atoms with Crippen molar-refractivity contribution in [3.63, 3.8) is 0 Å². The van der Waals surface area contributed by atoms with Crippen LogP contribution in [0.25, 0.3) is 0 Å². The monoisotopic (exact) mass is 381 g/mol. The van der Waals surface area contributed by atoms with E-state index in [0.29, 0.717) is 19.7 Å². The van der Waals surface area contributed by atoms with Crippen LogP contribution in [0.3, 0.4) is 0 Å². The van der Waals surface area contributed by atoms with E-state index < -0.39 is 17.6 Å². The molecule has 1 fully saturated rings. The zero-order chi connectivity index (χ0) is 19.3. The number of aromatic nitrogens is 4. The quantitative estimate of drug-likeness (QED) is 0.789. The molecular weight excluding hydrogens is 367 g/mol. The van der Waals surface area contributed by atoms with E-state index in [0.717, 1.165) is 6.07 Å². The molecule has 2 N–H and O–H groups in total. The largest absolute Gasteiger partial charge is 0.488 e. The van der Waals surface area contributed by atoms with E-state index in [1.165, 1.54) is 12.4 Å². The van der Waals surface area contributed by atoms with Gasteiger partial charge in [-0.1, -0.05) is 0 Å². The molecule has 0 amide bonds. The van der Waals surface area contributed by atoms with Gasteiger partial charge in [-0.2, -0.15) is 18.4 Å². The summed E-state index contributed by atoms with van der Waals surface area (Å²) in [6.07, 6.45) is -2.63. The molecule has 1 aliphatic heterocycles. The normalized spacial score (nSPS) is 17.2. The van der Waals surface area contributed by atoms with Gasteiger partial charge in [-0.05, 0) is 0 Å². The summed E-state index contributed by atoms with van der Waals surface area (Å²) in [6.45, 7) is 1.55. The minimum Gasteiger partial charge on any atom is -0.488 e. The molecule has 2 aromatic heterocycles. The lowest BCUT2D eigenvalue weighted by Crippen LogP contribution is -2.41. The van der Waals surface area contributed by atoms with Crippen molar-refractivity contribution < 1.29 is 22.6 Å². The van der Waals surface area contributed by atoms with E-state index >= 15 is 0 Å². The Bertz CT molecular complexity index is 818. The summed E-state index contributed by atoms with van der Waals surface area (Å²) in [5.74, 6) is -0.302. The van der Waals surface area contributed by atoms with Crippen molar-refractivity contribution in [2.24, 2.45) is 0 Å². The molecule has 142 valence electrons. The van der Waals surface area contributed by atoms with Crippen molar-refractivity contribution in [2.75, 3.05) is 31.6 Å². The number of nitrogens with zero attached hydrogens (tertiary/aromatic N) is 5. The van der Waals surface area contributed by atoms with Crippen LogP contribution in [0, 0.1) is 11.3 Å². The summed E-state index contributed by atoms with van der Waals surface area (Å²) in [4.78, 5) is 7.71. The molecule has 1 aliphatic rings. The van der Waals surface area contributed by atoms with Gasteiger partial charge in [-0.25, -0.2) is 9.97 Å². The highest BCUT2D eigenvalue weighted by Gasteiger charge is 2.37. The fourth-order valence-corrected chi connectivity index (χ4v) is 2.23. The van der Waals surface area contributed by atoms with E-state index in [1.807, 2.05) is 6.07 Å². The Kier molecular flexibility index (Phi) is 5.63. The van der Waals surface area contributed by atoms with E-state index in [9.17, 15) is 13.2 Å². The van der Waals surface area contributed by atoms with Crippen molar-refractivity contribution in [1.82, 2.24) is 25.5 Å². The number of alkyl halides is 3. The third kappa shape index (κ3) is 4.99. The standard InChI is InChI=1S/C15H14F3N7O2/c16-15(17,18)14-11(27-8-10-6-20-1-2-26-10)3-12(24-25-14)23-13-7-21-9(4-19)5-22-13/h3,5,7,10,20H,1-2,6,8H2,(H,22,23,24). The molecule has 1 atom stereocenters. The molecule has 0 radical (unpaired) electrons. The van der Waals surface area contributed by atoms with Gasteiger partial charge in [0.2, 0.25) is 5.69 Å². The van der Waals surface area contributed by atoms with E-state index in [4.69, 9.17) is 14.7 Å². The van der Waals surface area contributed by atoms with Crippen LogP contribution in [0.4, 0.5) is 24.8 Å². The number of nitriles is 1. The van der Waals surface area contributed by atoms with Crippen LogP contribution in [-0.2, 0) is 10.9 Å². The first kappa shape index (κ1) is 18.7. The topological polar surface area (TPSA) is 118 Å². The highest BCUT2D eigenvalue weighted by Crippen LogP contribution is 2.35. The van der Waals surface area contributed by atoms with Crippen molar-refractivity contribution in [3.05, 3.63) is 29.8 Å². The minimum absolute atomic E-state index is 0.0142. The number of rotatable bonds is 5. The van der Waals surface area contributed by atoms with Crippen molar-refractivity contribution in [1.29, 1.82) is 5.26 Å². The Morgan fingerprint density at radius 3 is 2.78 bits per heavy atom. The maximum Gasteiger partial charge on any atom is 0.438 e. The Balaban J connectivity index is 1.77. The van der Waals surface area contributed by atoms with Crippen molar-refractivity contribution >= 4 is 11.6 Å². The van der Waals surface area contributed by atoms with Crippen LogP contribution in [0.1, 0.15) is 11.4 Å². The summed E-state index contributed by atoms with van der Waals surface area (Å²) < 4.78 is 50.2. The van der Waals surface area contributed by atoms with Crippen molar-refractivity contribution in [3.8, 4) is 11.8 Å². The molecule has 3 heterocycles. The lowest BCUT2D eigenvalue weighted by Gasteiger charge is -2.24. The smallest absolute Gasteiger partial charge is 0.438 e. The maximum atomic E-state index is 13.2. The Labute approximate surface area is 151 Å². The summed E-state index contributed by atoms with van der Waals surface area (Å²) in [7, 11) is 0. The first-order chi connectivity index (χ1) is 13.0. The van der Waals surface area contributed by atoms with Gasteiger partial charge in [0.15, 0.2) is 17.3 Å². The molecule has 9 nitrogen and oxygen atoms in total. The first-order valence-electron chi connectivity index (χ1n) is 7.85. The molecule has 3 rings (SSSR count). The second-order valence-corrected chi connectivity index (χ2v) is 5.47. The van der Waals surface area contributed by atoms with Crippen LogP contribution in [-0.4, -0.2) is 52.6 Å². The lowest BCUT2D eigenvalue weighted by molar-refractivity contribution is -0.143. The van der Waals surface area contributed by atoms with Gasteiger partial charge in [-0.15, -0.1) is 10.2 Å². The number of hydrogen-bond donors (Lipinski definition) is 2. The van der Waals surface area contributed by atoms with E-state index in [2.05, 4.69) is 30.8 Å². The van der Waals surface area contributed by atoms with Crippen molar-refractivity contribution in [2.45, 2.75) is 12.3 Å². The molecule has 0 bridgehead atoms. The zero-order valence-corrected chi connectivity index (χ0v) is 13.8. The second-order valence-electron chi connectivity index (χ2n) is 5.47. The summed E-state index contributed by atoms with van der Waals surface area (Å²) in [6, 6.07) is 2.88. The lowest BCUT2D eigenvalue weighted by atomic mass is 10.3. The fourth-order valence-electron chi connectivity index (χ4n) is 2.23. The first-order valence-corrected chi connectivity index (χ1v) is 7.85. The second kappa shape index (κ2) is 8.11. The predicted octanol–water partition coefficient (Wildman–Crippen LogP) is 1.27. The summed E-state index contributed by atoms with van der Waals surface area (Å²) >= 11 is 0. The SMILES string of the molecule is N#Cc1cnc(Nc2cc(OCC3CNCCO3)c(C(F)(F)F)nn2)cn1. The van der Waals surface area contributed by atoms with Gasteiger partial charge in [0.05, 0.1) is 19.0 Å². The molecule has 1 saturated heterocycles. The fraction of sp³-hybridized carbons (Fsp3) is 0.400. The maximum absolute atomic E-state index is 13.2. The number of anilines is 2. The van der Waals surface area contributed by atoms with Crippen LogP contribution < -0.4 is 15.4 Å². The van der Waals surface area contributed by atoms with Crippen LogP contribution in [0.15, 0.2) is 18.5 Å². The molecule has 1 unspecified atom stereocenters. The highest BCUT2D eigenvalue weighted by molar-refractivity contribution is 5.53. The highest BCUT2D eigenvalue weighted by atomic mass is 19.4. The average molecular weight is 381 g/mol. The van der Waals surface area contributed by atoms with Gasteiger partial charge in [0, 0.05) is 19.2 Å². The van der Waals surface area contributed by atoms with Gasteiger partial charge in [0.25, 0.3) is 0 Å². The zero-order valence-electron chi connectivity index (χ0n) is 13.8. The Morgan fingerprint density at radius 1 is 1.30 bits per heavy atom. The third-order valence-corrected chi connectivity index (χ3v) is 3.48. The number of hydrogen-bond acceptors (Lipinski definition) is 9. The minimum atomic E-state index is -4.72. The Morgan fingerprint density at radius 2 is 2.15 bits per heavy atom. The molecule has 2 aromatic rings. The molecule has 0 spiro atoms. The van der Waals surface area contributed by atoms with Gasteiger partial charge in [0.1, 0.15) is 24.6 Å². The molecule has 0 aromatic carbocycles. The summed E-state index contributed by atoms with van der Waals surface area (Å²) in [5.41, 5.74) is -1.13. The van der Waals surface area contributed by atoms with Crippen LogP contribution >= 0.6 is 0 Å². The average Bonchev–Trinajstić information content (AvgIpc) is 2.67.